The van der Waals surface area contributed by atoms with E-state index in [1.54, 1.807) is 0 Å². The SMILES string of the molecule is CCCN(CC(C)(C)CN)C(=O)C1CCCCC1. The minimum atomic E-state index is 0.0273. The van der Waals surface area contributed by atoms with Gasteiger partial charge in [0.15, 0.2) is 0 Å². The van der Waals surface area contributed by atoms with Crippen LogP contribution in [0.1, 0.15) is 59.3 Å². The molecule has 0 bridgehead atoms. The van der Waals surface area contributed by atoms with E-state index in [1.165, 1.54) is 19.3 Å². The fraction of sp³-hybridized carbons (Fsp3) is 0.933. The fourth-order valence-corrected chi connectivity index (χ4v) is 2.73. The van der Waals surface area contributed by atoms with Gasteiger partial charge in [-0.25, -0.2) is 0 Å². The monoisotopic (exact) mass is 254 g/mol. The van der Waals surface area contributed by atoms with Crippen LogP contribution in [0.3, 0.4) is 0 Å². The summed E-state index contributed by atoms with van der Waals surface area (Å²) in [4.78, 5) is 14.6. The summed E-state index contributed by atoms with van der Waals surface area (Å²) in [7, 11) is 0. The van der Waals surface area contributed by atoms with Gasteiger partial charge in [-0.05, 0) is 31.2 Å². The zero-order valence-corrected chi connectivity index (χ0v) is 12.4. The van der Waals surface area contributed by atoms with Gasteiger partial charge in [-0.1, -0.05) is 40.0 Å². The Hall–Kier alpha value is -0.570. The van der Waals surface area contributed by atoms with Crippen molar-refractivity contribution >= 4 is 5.91 Å². The summed E-state index contributed by atoms with van der Waals surface area (Å²) in [5.41, 5.74) is 5.82. The molecule has 0 aromatic rings. The third-order valence-electron chi connectivity index (χ3n) is 3.93. The number of amides is 1. The molecule has 1 amide bonds. The molecule has 1 saturated carbocycles. The molecule has 0 heterocycles. The average molecular weight is 254 g/mol. The maximum absolute atomic E-state index is 12.6. The van der Waals surface area contributed by atoms with Crippen LogP contribution in [0.15, 0.2) is 0 Å². The molecule has 0 saturated heterocycles. The van der Waals surface area contributed by atoms with E-state index in [-0.39, 0.29) is 11.3 Å². The summed E-state index contributed by atoms with van der Waals surface area (Å²) in [6, 6.07) is 0. The molecule has 106 valence electrons. The highest BCUT2D eigenvalue weighted by molar-refractivity contribution is 5.79. The number of hydrogen-bond donors (Lipinski definition) is 1. The number of nitrogens with two attached hydrogens (primary N) is 1. The van der Waals surface area contributed by atoms with E-state index < -0.39 is 0 Å². The van der Waals surface area contributed by atoms with Crippen LogP contribution in [0.5, 0.6) is 0 Å². The lowest BCUT2D eigenvalue weighted by Gasteiger charge is -2.35. The van der Waals surface area contributed by atoms with Gasteiger partial charge in [-0.15, -0.1) is 0 Å². The van der Waals surface area contributed by atoms with Gasteiger partial charge in [0.25, 0.3) is 0 Å². The topological polar surface area (TPSA) is 46.3 Å². The summed E-state index contributed by atoms with van der Waals surface area (Å²) in [5.74, 6) is 0.650. The fourth-order valence-electron chi connectivity index (χ4n) is 2.73. The summed E-state index contributed by atoms with van der Waals surface area (Å²) in [6.07, 6.45) is 6.93. The standard InChI is InChI=1S/C15H30N2O/c1-4-10-17(12-15(2,3)11-16)14(18)13-8-6-5-7-9-13/h13H,4-12,16H2,1-3H3. The molecule has 0 spiro atoms. The van der Waals surface area contributed by atoms with Gasteiger partial charge in [0.2, 0.25) is 5.91 Å². The molecule has 1 aliphatic rings. The van der Waals surface area contributed by atoms with E-state index in [2.05, 4.69) is 25.7 Å². The van der Waals surface area contributed by atoms with Crippen molar-refractivity contribution in [2.45, 2.75) is 59.3 Å². The van der Waals surface area contributed by atoms with Crippen LogP contribution in [0, 0.1) is 11.3 Å². The van der Waals surface area contributed by atoms with E-state index in [9.17, 15) is 4.79 Å². The Bertz CT molecular complexity index is 257. The predicted molar refractivity (Wildman–Crippen MR) is 76.3 cm³/mol. The highest BCUT2D eigenvalue weighted by atomic mass is 16.2. The Labute approximate surface area is 112 Å². The predicted octanol–water partition coefficient (Wildman–Crippen LogP) is 2.79. The van der Waals surface area contributed by atoms with Gasteiger partial charge < -0.3 is 10.6 Å². The highest BCUT2D eigenvalue weighted by Crippen LogP contribution is 2.27. The molecule has 1 aliphatic carbocycles. The third kappa shape index (κ3) is 4.60. The van der Waals surface area contributed by atoms with Gasteiger partial charge in [0.05, 0.1) is 0 Å². The molecule has 0 radical (unpaired) electrons. The minimum absolute atomic E-state index is 0.0273. The van der Waals surface area contributed by atoms with Crippen molar-refractivity contribution in [3.63, 3.8) is 0 Å². The molecule has 3 heteroatoms. The first kappa shape index (κ1) is 15.5. The van der Waals surface area contributed by atoms with Crippen LogP contribution in [0.4, 0.5) is 0 Å². The van der Waals surface area contributed by atoms with E-state index in [1.807, 2.05) is 0 Å². The van der Waals surface area contributed by atoms with Gasteiger partial charge in [0.1, 0.15) is 0 Å². The molecule has 2 N–H and O–H groups in total. The Morgan fingerprint density at radius 2 is 1.89 bits per heavy atom. The second-order valence-corrected chi connectivity index (χ2v) is 6.46. The Kier molecular flexibility index (Phi) is 6.13. The molecule has 0 aliphatic heterocycles. The third-order valence-corrected chi connectivity index (χ3v) is 3.93. The summed E-state index contributed by atoms with van der Waals surface area (Å²) < 4.78 is 0. The van der Waals surface area contributed by atoms with Gasteiger partial charge in [-0.3, -0.25) is 4.79 Å². The number of rotatable bonds is 6. The van der Waals surface area contributed by atoms with Crippen LogP contribution < -0.4 is 5.73 Å². The number of nitrogens with zero attached hydrogens (tertiary/aromatic N) is 1. The first-order valence-electron chi connectivity index (χ1n) is 7.49. The minimum Gasteiger partial charge on any atom is -0.342 e. The summed E-state index contributed by atoms with van der Waals surface area (Å²) in [5, 5.41) is 0. The van der Waals surface area contributed by atoms with Crippen LogP contribution in [-0.2, 0) is 4.79 Å². The number of carbonyl (C=O) groups excluding carboxylic acids is 1. The smallest absolute Gasteiger partial charge is 0.225 e. The van der Waals surface area contributed by atoms with Gasteiger partial charge in [0, 0.05) is 19.0 Å². The lowest BCUT2D eigenvalue weighted by atomic mass is 9.87. The average Bonchev–Trinajstić information content (AvgIpc) is 2.38. The number of hydrogen-bond acceptors (Lipinski definition) is 2. The second-order valence-electron chi connectivity index (χ2n) is 6.46. The molecule has 1 fully saturated rings. The molecule has 1 rings (SSSR count). The Balaban J connectivity index is 2.61. The highest BCUT2D eigenvalue weighted by Gasteiger charge is 2.29. The van der Waals surface area contributed by atoms with Crippen molar-refractivity contribution in [2.75, 3.05) is 19.6 Å². The summed E-state index contributed by atoms with van der Waals surface area (Å²) in [6.45, 7) is 8.72. The van der Waals surface area contributed by atoms with Crippen molar-refractivity contribution in [1.82, 2.24) is 4.90 Å². The van der Waals surface area contributed by atoms with Crippen LogP contribution in [-0.4, -0.2) is 30.4 Å². The Morgan fingerprint density at radius 3 is 2.39 bits per heavy atom. The second kappa shape index (κ2) is 7.13. The molecule has 3 nitrogen and oxygen atoms in total. The number of carbonyl (C=O) groups is 1. The van der Waals surface area contributed by atoms with Crippen molar-refractivity contribution < 1.29 is 4.79 Å². The van der Waals surface area contributed by atoms with E-state index in [4.69, 9.17) is 5.73 Å². The Morgan fingerprint density at radius 1 is 1.28 bits per heavy atom. The molecule has 18 heavy (non-hydrogen) atoms. The van der Waals surface area contributed by atoms with E-state index in [0.29, 0.717) is 12.5 Å². The molecule has 0 unspecified atom stereocenters. The molecular formula is C15H30N2O. The van der Waals surface area contributed by atoms with E-state index in [0.717, 1.165) is 32.4 Å². The lowest BCUT2D eigenvalue weighted by Crippen LogP contribution is -2.45. The maximum Gasteiger partial charge on any atom is 0.225 e. The normalized spacial score (nSPS) is 17.8. The summed E-state index contributed by atoms with van der Waals surface area (Å²) >= 11 is 0. The first-order valence-corrected chi connectivity index (χ1v) is 7.49. The lowest BCUT2D eigenvalue weighted by molar-refractivity contribution is -0.138. The largest absolute Gasteiger partial charge is 0.342 e. The van der Waals surface area contributed by atoms with Crippen LogP contribution >= 0.6 is 0 Å². The quantitative estimate of drug-likeness (QED) is 0.792. The van der Waals surface area contributed by atoms with Crippen molar-refractivity contribution in [2.24, 2.45) is 17.1 Å². The molecular weight excluding hydrogens is 224 g/mol. The van der Waals surface area contributed by atoms with Crippen molar-refractivity contribution in [1.29, 1.82) is 0 Å². The zero-order valence-electron chi connectivity index (χ0n) is 12.4. The van der Waals surface area contributed by atoms with Crippen LogP contribution in [0.25, 0.3) is 0 Å². The van der Waals surface area contributed by atoms with Gasteiger partial charge in [-0.2, -0.15) is 0 Å². The molecule has 0 atom stereocenters. The van der Waals surface area contributed by atoms with Crippen molar-refractivity contribution in [3.8, 4) is 0 Å². The van der Waals surface area contributed by atoms with E-state index >= 15 is 0 Å². The van der Waals surface area contributed by atoms with Crippen molar-refractivity contribution in [3.05, 3.63) is 0 Å². The molecule has 0 aromatic heterocycles. The first-order chi connectivity index (χ1) is 8.50. The van der Waals surface area contributed by atoms with Crippen LogP contribution in [0.2, 0.25) is 0 Å². The zero-order chi connectivity index (χ0) is 13.6. The molecule has 0 aromatic carbocycles. The maximum atomic E-state index is 12.6. The van der Waals surface area contributed by atoms with Gasteiger partial charge >= 0.3 is 0 Å².